The summed E-state index contributed by atoms with van der Waals surface area (Å²) >= 11 is 1.91. The first-order chi connectivity index (χ1) is 11.6. The third-order valence-corrected chi connectivity index (χ3v) is 5.58. The van der Waals surface area contributed by atoms with Crippen molar-refractivity contribution in [2.24, 2.45) is 0 Å². The number of phenols is 1. The molecule has 0 aromatic heterocycles. The van der Waals surface area contributed by atoms with Gasteiger partial charge in [-0.25, -0.2) is 0 Å². The van der Waals surface area contributed by atoms with Gasteiger partial charge in [0.25, 0.3) is 0 Å². The molecule has 144 valence electrons. The highest BCUT2D eigenvalue weighted by Crippen LogP contribution is 2.41. The molecular formula is C22H38O2S. The fourth-order valence-corrected chi connectivity index (χ4v) is 3.93. The van der Waals surface area contributed by atoms with Crippen molar-refractivity contribution in [3.63, 3.8) is 0 Å². The summed E-state index contributed by atoms with van der Waals surface area (Å²) in [7, 11) is 0. The van der Waals surface area contributed by atoms with Crippen LogP contribution >= 0.6 is 11.8 Å². The SMILES string of the molecule is CC(C)(C)c1cc(SCCCCCCCCO)cc(C(C)(C)C)c1O. The van der Waals surface area contributed by atoms with Gasteiger partial charge in [-0.1, -0.05) is 67.2 Å². The lowest BCUT2D eigenvalue weighted by molar-refractivity contribution is 0.282. The maximum atomic E-state index is 10.8. The van der Waals surface area contributed by atoms with Crippen LogP contribution in [-0.4, -0.2) is 22.6 Å². The third-order valence-electron chi connectivity index (χ3n) is 4.52. The number of aromatic hydroxyl groups is 1. The molecule has 0 bridgehead atoms. The van der Waals surface area contributed by atoms with Gasteiger partial charge in [0.05, 0.1) is 0 Å². The van der Waals surface area contributed by atoms with E-state index in [0.29, 0.717) is 12.4 Å². The highest BCUT2D eigenvalue weighted by Gasteiger charge is 2.26. The van der Waals surface area contributed by atoms with Crippen LogP contribution in [0.15, 0.2) is 17.0 Å². The molecule has 0 spiro atoms. The van der Waals surface area contributed by atoms with E-state index in [0.717, 1.165) is 29.7 Å². The number of aliphatic hydroxyl groups is 1. The Bertz CT molecular complexity index is 489. The number of phenolic OH excluding ortho intramolecular Hbond substituents is 1. The fraction of sp³-hybridized carbons (Fsp3) is 0.727. The zero-order chi connectivity index (χ0) is 19.1. The van der Waals surface area contributed by atoms with E-state index in [1.807, 2.05) is 11.8 Å². The van der Waals surface area contributed by atoms with Crippen molar-refractivity contribution < 1.29 is 10.2 Å². The van der Waals surface area contributed by atoms with E-state index in [1.54, 1.807) is 0 Å². The molecule has 2 N–H and O–H groups in total. The van der Waals surface area contributed by atoms with Crippen LogP contribution in [0.3, 0.4) is 0 Å². The molecule has 0 unspecified atom stereocenters. The molecule has 25 heavy (non-hydrogen) atoms. The van der Waals surface area contributed by atoms with Crippen molar-refractivity contribution in [1.29, 1.82) is 0 Å². The minimum Gasteiger partial charge on any atom is -0.507 e. The van der Waals surface area contributed by atoms with Crippen LogP contribution < -0.4 is 0 Å². The maximum absolute atomic E-state index is 10.8. The molecule has 0 atom stereocenters. The Morgan fingerprint density at radius 2 is 1.20 bits per heavy atom. The summed E-state index contributed by atoms with van der Waals surface area (Å²) in [5, 5.41) is 19.6. The molecule has 1 aromatic carbocycles. The van der Waals surface area contributed by atoms with Gasteiger partial charge in [-0.05, 0) is 41.6 Å². The van der Waals surface area contributed by atoms with Crippen molar-refractivity contribution in [2.45, 2.75) is 95.8 Å². The van der Waals surface area contributed by atoms with Crippen LogP contribution in [0.5, 0.6) is 5.75 Å². The van der Waals surface area contributed by atoms with E-state index in [9.17, 15) is 5.11 Å². The summed E-state index contributed by atoms with van der Waals surface area (Å²) in [5.41, 5.74) is 1.97. The molecule has 1 aromatic rings. The maximum Gasteiger partial charge on any atom is 0.123 e. The van der Waals surface area contributed by atoms with E-state index in [1.165, 1.54) is 30.6 Å². The Morgan fingerprint density at radius 1 is 0.760 bits per heavy atom. The molecule has 0 saturated carbocycles. The van der Waals surface area contributed by atoms with Gasteiger partial charge in [-0.2, -0.15) is 0 Å². The molecule has 2 nitrogen and oxygen atoms in total. The van der Waals surface area contributed by atoms with Crippen LogP contribution in [-0.2, 0) is 10.8 Å². The summed E-state index contributed by atoms with van der Waals surface area (Å²) < 4.78 is 0. The van der Waals surface area contributed by atoms with E-state index in [-0.39, 0.29) is 10.8 Å². The minimum atomic E-state index is -0.0621. The molecule has 0 heterocycles. The lowest BCUT2D eigenvalue weighted by Crippen LogP contribution is -2.17. The first kappa shape index (κ1) is 22.4. The molecule has 0 fully saturated rings. The van der Waals surface area contributed by atoms with Crippen LogP contribution in [0.4, 0.5) is 0 Å². The van der Waals surface area contributed by atoms with Crippen molar-refractivity contribution >= 4 is 11.8 Å². The van der Waals surface area contributed by atoms with Crippen LogP contribution in [0.1, 0.15) is 91.2 Å². The van der Waals surface area contributed by atoms with Crippen LogP contribution in [0.25, 0.3) is 0 Å². The zero-order valence-corrected chi connectivity index (χ0v) is 17.9. The average molecular weight is 367 g/mol. The Morgan fingerprint density at radius 3 is 1.64 bits per heavy atom. The second-order valence-corrected chi connectivity index (χ2v) is 10.2. The summed E-state index contributed by atoms with van der Waals surface area (Å²) in [4.78, 5) is 1.27. The largest absolute Gasteiger partial charge is 0.507 e. The van der Waals surface area contributed by atoms with Gasteiger partial charge >= 0.3 is 0 Å². The second kappa shape index (κ2) is 9.87. The molecule has 0 aliphatic heterocycles. The first-order valence-corrected chi connectivity index (χ1v) is 10.7. The summed E-state index contributed by atoms with van der Waals surface area (Å²) in [6.07, 6.45) is 7.05. The topological polar surface area (TPSA) is 40.5 Å². The highest BCUT2D eigenvalue weighted by atomic mass is 32.2. The monoisotopic (exact) mass is 366 g/mol. The average Bonchev–Trinajstić information content (AvgIpc) is 2.48. The Balaban J connectivity index is 2.71. The molecule has 0 saturated heterocycles. The summed E-state index contributed by atoms with van der Waals surface area (Å²) in [6.45, 7) is 13.3. The fourth-order valence-electron chi connectivity index (χ4n) is 2.95. The number of unbranched alkanes of at least 4 members (excludes halogenated alkanes) is 5. The number of hydrogen-bond acceptors (Lipinski definition) is 3. The van der Waals surface area contributed by atoms with Crippen molar-refractivity contribution in [3.8, 4) is 5.75 Å². The quantitative estimate of drug-likeness (QED) is 0.392. The molecule has 0 aliphatic carbocycles. The van der Waals surface area contributed by atoms with Gasteiger partial charge in [0, 0.05) is 22.6 Å². The van der Waals surface area contributed by atoms with Gasteiger partial charge < -0.3 is 10.2 Å². The van der Waals surface area contributed by atoms with E-state index >= 15 is 0 Å². The Kier molecular flexibility index (Phi) is 8.83. The zero-order valence-electron chi connectivity index (χ0n) is 17.1. The smallest absolute Gasteiger partial charge is 0.123 e. The van der Waals surface area contributed by atoms with Crippen molar-refractivity contribution in [3.05, 3.63) is 23.3 Å². The number of hydrogen-bond donors (Lipinski definition) is 2. The van der Waals surface area contributed by atoms with Crippen LogP contribution in [0, 0.1) is 0 Å². The molecule has 0 amide bonds. The number of aliphatic hydroxyl groups excluding tert-OH is 1. The van der Waals surface area contributed by atoms with Crippen LogP contribution in [0.2, 0.25) is 0 Å². The Hall–Kier alpha value is -0.670. The molecular weight excluding hydrogens is 328 g/mol. The number of rotatable bonds is 9. The summed E-state index contributed by atoms with van der Waals surface area (Å²) in [6, 6.07) is 4.35. The minimum absolute atomic E-state index is 0.0621. The molecule has 3 heteroatoms. The third kappa shape index (κ3) is 7.62. The first-order valence-electron chi connectivity index (χ1n) is 9.69. The molecule has 1 rings (SSSR count). The normalized spacial score (nSPS) is 12.6. The number of benzene rings is 1. The lowest BCUT2D eigenvalue weighted by atomic mass is 9.79. The van der Waals surface area contributed by atoms with Crippen molar-refractivity contribution in [1.82, 2.24) is 0 Å². The standard InChI is InChI=1S/C22H38O2S/c1-21(2,3)18-15-17(16-19(20(18)24)22(4,5)6)25-14-12-10-8-7-9-11-13-23/h15-16,23-24H,7-14H2,1-6H3. The number of thioether (sulfide) groups is 1. The second-order valence-electron chi connectivity index (χ2n) is 9.06. The van der Waals surface area contributed by atoms with Crippen molar-refractivity contribution in [2.75, 3.05) is 12.4 Å². The van der Waals surface area contributed by atoms with Gasteiger partial charge in [0.15, 0.2) is 0 Å². The predicted octanol–water partition coefficient (Wildman–Crippen LogP) is 6.41. The van der Waals surface area contributed by atoms with E-state index in [2.05, 4.69) is 53.7 Å². The van der Waals surface area contributed by atoms with Gasteiger partial charge in [-0.3, -0.25) is 0 Å². The molecule has 0 radical (unpaired) electrons. The summed E-state index contributed by atoms with van der Waals surface area (Å²) in [5.74, 6) is 1.59. The highest BCUT2D eigenvalue weighted by molar-refractivity contribution is 7.99. The van der Waals surface area contributed by atoms with E-state index < -0.39 is 0 Å². The predicted molar refractivity (Wildman–Crippen MR) is 111 cm³/mol. The molecule has 0 aliphatic rings. The lowest BCUT2D eigenvalue weighted by Gasteiger charge is -2.28. The van der Waals surface area contributed by atoms with Gasteiger partial charge in [0.1, 0.15) is 5.75 Å². The van der Waals surface area contributed by atoms with Gasteiger partial charge in [-0.15, -0.1) is 11.8 Å². The van der Waals surface area contributed by atoms with Gasteiger partial charge in [0.2, 0.25) is 0 Å². The Labute approximate surface area is 159 Å². The van der Waals surface area contributed by atoms with E-state index in [4.69, 9.17) is 5.11 Å².